The highest BCUT2D eigenvalue weighted by atomic mass is 16.5. The van der Waals surface area contributed by atoms with E-state index in [0.29, 0.717) is 43.5 Å². The van der Waals surface area contributed by atoms with Crippen molar-refractivity contribution >= 4 is 11.9 Å². The number of aromatic nitrogens is 4. The number of hydrogen-bond acceptors (Lipinski definition) is 8. The lowest BCUT2D eigenvalue weighted by Crippen LogP contribution is -2.69. The van der Waals surface area contributed by atoms with E-state index in [9.17, 15) is 9.90 Å². The van der Waals surface area contributed by atoms with Gasteiger partial charge in [-0.15, -0.1) is 5.10 Å². The normalized spacial score (nSPS) is 42.4. The number of aliphatic carboxylic acids is 1. The van der Waals surface area contributed by atoms with Gasteiger partial charge in [-0.05, 0) is 109 Å². The van der Waals surface area contributed by atoms with Crippen molar-refractivity contribution < 1.29 is 19.4 Å². The molecule has 0 radical (unpaired) electrons. The van der Waals surface area contributed by atoms with Gasteiger partial charge in [-0.1, -0.05) is 92.4 Å². The number of nitrogen functional groups attached to an aromatic ring is 1. The monoisotopic (exact) mass is 711 g/mol. The third-order valence-electron chi connectivity index (χ3n) is 16.7. The van der Waals surface area contributed by atoms with Crippen LogP contribution in [0, 0.1) is 62.6 Å². The van der Waals surface area contributed by atoms with Crippen molar-refractivity contribution in [3.8, 4) is 0 Å². The van der Waals surface area contributed by atoms with Crippen LogP contribution in [0.3, 0.4) is 0 Å². The molecule has 3 saturated carbocycles. The number of hydrogen-bond donors (Lipinski definition) is 3. The Kier molecular flexibility index (Phi) is 10.1. The summed E-state index contributed by atoms with van der Waals surface area (Å²) < 4.78 is 14.0. The molecule has 0 amide bonds. The number of carboxylic acid groups (broad SMARTS) is 1. The molecular weight excluding hydrogens is 640 g/mol. The van der Waals surface area contributed by atoms with E-state index >= 15 is 0 Å². The van der Waals surface area contributed by atoms with Crippen LogP contribution in [-0.2, 0) is 14.3 Å². The summed E-state index contributed by atoms with van der Waals surface area (Å²) in [6.07, 6.45) is 10.3. The Morgan fingerprint density at radius 1 is 1.14 bits per heavy atom. The quantitative estimate of drug-likeness (QED) is 0.148. The number of nitrogens with zero attached hydrogens (tertiary/aromatic N) is 4. The van der Waals surface area contributed by atoms with Crippen molar-refractivity contribution in [1.29, 1.82) is 0 Å². The molecule has 288 valence electrons. The first-order valence-corrected chi connectivity index (χ1v) is 20.3. The standard InChI is InChI=1S/C41H70N6O4/c1-12-13-20-43-40(11,26(4)5)23-51-33-30(47-45-35(42)44-46-47)21-41-24-50-22-37(33,8)31(41)15-14-28-29(41)16-17-39(10)32(34(48)49)36(7,27(6)25(2)3)18-19-38(28,39)9/h16,25-28,30-33,43H,12-15,17-24H2,1-11H3,(H2,42,45)(H,48,49)/t27-,28+,30-,31+,32-,33+,36-,37?,38-,39+,40+,41+/m1/s1. The topological polar surface area (TPSA) is 137 Å². The number of anilines is 1. The Balaban J connectivity index is 1.41. The molecule has 1 aromatic rings. The average Bonchev–Trinajstić information content (AvgIpc) is 3.49. The summed E-state index contributed by atoms with van der Waals surface area (Å²) >= 11 is 0. The molecule has 12 atom stereocenters. The first-order valence-electron chi connectivity index (χ1n) is 20.3. The Morgan fingerprint density at radius 3 is 2.47 bits per heavy atom. The molecule has 2 bridgehead atoms. The molecule has 1 unspecified atom stereocenters. The van der Waals surface area contributed by atoms with Gasteiger partial charge in [0.1, 0.15) is 6.04 Å². The molecule has 1 aliphatic heterocycles. The van der Waals surface area contributed by atoms with Gasteiger partial charge in [0, 0.05) is 16.4 Å². The highest BCUT2D eigenvalue weighted by molar-refractivity contribution is 5.73. The lowest BCUT2D eigenvalue weighted by Gasteiger charge is -2.71. The molecule has 0 aromatic carbocycles. The number of tetrazole rings is 1. The van der Waals surface area contributed by atoms with Gasteiger partial charge in [0.05, 0.1) is 31.8 Å². The van der Waals surface area contributed by atoms with Gasteiger partial charge in [-0.3, -0.25) is 4.79 Å². The minimum Gasteiger partial charge on any atom is -0.481 e. The second kappa shape index (κ2) is 13.4. The molecule has 10 nitrogen and oxygen atoms in total. The maximum atomic E-state index is 13.5. The van der Waals surface area contributed by atoms with Crippen LogP contribution >= 0.6 is 0 Å². The van der Waals surface area contributed by atoms with Gasteiger partial charge in [-0.2, -0.15) is 4.80 Å². The molecule has 2 heterocycles. The van der Waals surface area contributed by atoms with Crippen LogP contribution in [0.5, 0.6) is 0 Å². The van der Waals surface area contributed by atoms with Gasteiger partial charge < -0.3 is 25.6 Å². The maximum Gasteiger partial charge on any atom is 0.307 e. The molecule has 1 saturated heterocycles. The molecule has 4 fully saturated rings. The predicted molar refractivity (Wildman–Crippen MR) is 201 cm³/mol. The van der Waals surface area contributed by atoms with Crippen LogP contribution in [0.15, 0.2) is 11.6 Å². The van der Waals surface area contributed by atoms with E-state index < -0.39 is 11.9 Å². The van der Waals surface area contributed by atoms with Crippen molar-refractivity contribution in [3.63, 3.8) is 0 Å². The Labute approximate surface area is 307 Å². The number of unbranched alkanes of at least 4 members (excludes halogenated alkanes) is 1. The van der Waals surface area contributed by atoms with Gasteiger partial charge in [-0.25, -0.2) is 0 Å². The molecule has 10 heteroatoms. The summed E-state index contributed by atoms with van der Waals surface area (Å²) in [7, 11) is 0. The number of carbonyl (C=O) groups is 1. The third-order valence-corrected chi connectivity index (χ3v) is 16.7. The van der Waals surface area contributed by atoms with Crippen molar-refractivity contribution in [3.05, 3.63) is 11.6 Å². The summed E-state index contributed by atoms with van der Waals surface area (Å²) in [5.41, 5.74) is 6.14. The lowest BCUT2D eigenvalue weighted by atomic mass is 9.34. The van der Waals surface area contributed by atoms with E-state index in [4.69, 9.17) is 15.2 Å². The Bertz CT molecular complexity index is 1480. The number of allylic oxidation sites excluding steroid dienone is 1. The van der Waals surface area contributed by atoms with E-state index in [1.54, 1.807) is 4.80 Å². The highest BCUT2D eigenvalue weighted by Crippen LogP contribution is 2.75. The molecule has 4 aliphatic carbocycles. The SMILES string of the molecule is CCCCN[C@@](C)(CO[C@H]1[C@H](n2nnc(N)n2)C[C@@]23COCC1(C)[C@@H]2CC[C@H]1C3=CC[C@@]2(C)[C@H](C(=O)O)[C@@](C)([C@H](C)C(C)C)CC[C@]12C)C(C)C. The summed E-state index contributed by atoms with van der Waals surface area (Å²) in [5, 5.41) is 28.2. The summed E-state index contributed by atoms with van der Waals surface area (Å²) in [6, 6.07) is -0.166. The molecule has 5 aliphatic rings. The fourth-order valence-corrected chi connectivity index (χ4v) is 12.7. The van der Waals surface area contributed by atoms with Crippen LogP contribution in [0.4, 0.5) is 5.95 Å². The van der Waals surface area contributed by atoms with Crippen molar-refractivity contribution in [2.75, 3.05) is 32.1 Å². The van der Waals surface area contributed by atoms with Crippen molar-refractivity contribution in [1.82, 2.24) is 25.5 Å². The number of ether oxygens (including phenoxy) is 2. The van der Waals surface area contributed by atoms with Crippen LogP contribution in [0.25, 0.3) is 0 Å². The minimum absolute atomic E-state index is 0.147. The zero-order chi connectivity index (χ0) is 37.4. The van der Waals surface area contributed by atoms with Crippen molar-refractivity contribution in [2.45, 2.75) is 145 Å². The Hall–Kier alpha value is -2.04. The van der Waals surface area contributed by atoms with Crippen molar-refractivity contribution in [2.24, 2.45) is 62.6 Å². The number of nitrogens with two attached hydrogens (primary N) is 1. The van der Waals surface area contributed by atoms with E-state index in [-0.39, 0.29) is 56.6 Å². The van der Waals surface area contributed by atoms with Gasteiger partial charge in [0.15, 0.2) is 0 Å². The number of rotatable bonds is 12. The molecular formula is C41H70N6O4. The molecule has 4 N–H and O–H groups in total. The van der Waals surface area contributed by atoms with Crippen LogP contribution in [-0.4, -0.2) is 69.3 Å². The smallest absolute Gasteiger partial charge is 0.307 e. The minimum atomic E-state index is -0.624. The number of fused-ring (bicyclic) bond motifs is 3. The second-order valence-corrected chi connectivity index (χ2v) is 19.7. The van der Waals surface area contributed by atoms with Crippen LogP contribution < -0.4 is 11.1 Å². The largest absolute Gasteiger partial charge is 0.481 e. The maximum absolute atomic E-state index is 13.5. The first-order chi connectivity index (χ1) is 23.8. The van der Waals surface area contributed by atoms with Gasteiger partial charge in [0.2, 0.25) is 0 Å². The van der Waals surface area contributed by atoms with E-state index in [1.807, 2.05) is 0 Å². The third kappa shape index (κ3) is 5.73. The zero-order valence-corrected chi connectivity index (χ0v) is 33.7. The molecule has 51 heavy (non-hydrogen) atoms. The van der Waals surface area contributed by atoms with Crippen LogP contribution in [0.2, 0.25) is 0 Å². The van der Waals surface area contributed by atoms with Gasteiger partial charge in [0.25, 0.3) is 5.95 Å². The number of carboxylic acids is 1. The van der Waals surface area contributed by atoms with E-state index in [2.05, 4.69) is 103 Å². The Morgan fingerprint density at radius 2 is 1.86 bits per heavy atom. The summed E-state index contributed by atoms with van der Waals surface area (Å²) in [6.45, 7) is 28.1. The summed E-state index contributed by atoms with van der Waals surface area (Å²) in [4.78, 5) is 15.2. The highest BCUT2D eigenvalue weighted by Gasteiger charge is 2.72. The lowest BCUT2D eigenvalue weighted by molar-refractivity contribution is -0.254. The van der Waals surface area contributed by atoms with Crippen LogP contribution in [0.1, 0.15) is 134 Å². The number of nitrogens with one attached hydrogen (secondary N) is 1. The summed E-state index contributed by atoms with van der Waals surface area (Å²) in [5.74, 6) is 0.895. The zero-order valence-electron chi connectivity index (χ0n) is 33.7. The first kappa shape index (κ1) is 38.7. The molecule has 0 spiro atoms. The van der Waals surface area contributed by atoms with E-state index in [0.717, 1.165) is 57.9 Å². The second-order valence-electron chi connectivity index (χ2n) is 19.7. The van der Waals surface area contributed by atoms with Gasteiger partial charge >= 0.3 is 5.97 Å². The fourth-order valence-electron chi connectivity index (χ4n) is 12.7. The predicted octanol–water partition coefficient (Wildman–Crippen LogP) is 7.57. The fraction of sp³-hybridized carbons (Fsp3) is 0.902. The van der Waals surface area contributed by atoms with E-state index in [1.165, 1.54) is 5.57 Å². The average molecular weight is 711 g/mol. The molecule has 6 rings (SSSR count). The molecule has 1 aromatic heterocycles.